The van der Waals surface area contributed by atoms with Crippen molar-refractivity contribution in [3.8, 4) is 0 Å². The molecule has 7 heteroatoms. The van der Waals surface area contributed by atoms with E-state index in [9.17, 15) is 13.6 Å². The molecule has 0 N–H and O–H groups in total. The second-order valence-electron chi connectivity index (χ2n) is 2.81. The van der Waals surface area contributed by atoms with Crippen LogP contribution in [0.15, 0.2) is 0 Å². The maximum Gasteiger partial charge on any atom is 0.329 e. The minimum absolute atomic E-state index is 0.0724. The topological polar surface area (TPSA) is 26.3 Å². The van der Waals surface area contributed by atoms with Gasteiger partial charge in [0.15, 0.2) is 4.32 Å². The van der Waals surface area contributed by atoms with Crippen molar-refractivity contribution >= 4 is 45.3 Å². The molecule has 0 aromatic heterocycles. The first-order valence-corrected chi connectivity index (χ1v) is 6.67. The Hall–Kier alpha value is 0.450. The lowest BCUT2D eigenvalue weighted by atomic mass is 10.0. The van der Waals surface area contributed by atoms with Gasteiger partial charge in [-0.2, -0.15) is 8.78 Å². The number of thioether (sulfide) groups is 1. The van der Waals surface area contributed by atoms with E-state index in [0.717, 1.165) is 7.11 Å². The average Bonchev–Trinajstić information content (AvgIpc) is 2.24. The summed E-state index contributed by atoms with van der Waals surface area (Å²) in [6, 6.07) is 0. The van der Waals surface area contributed by atoms with Crippen molar-refractivity contribution < 1.29 is 18.3 Å². The van der Waals surface area contributed by atoms with E-state index in [0.29, 0.717) is 18.2 Å². The van der Waals surface area contributed by atoms with E-state index < -0.39 is 15.5 Å². The van der Waals surface area contributed by atoms with E-state index in [2.05, 4.69) is 20.7 Å². The quantitative estimate of drug-likeness (QED) is 0.554. The number of hydrogen-bond donors (Lipinski definition) is 0. The van der Waals surface area contributed by atoms with Crippen LogP contribution in [0.1, 0.15) is 12.8 Å². The number of hydrogen-bond acceptors (Lipinski definition) is 3. The molecule has 0 aliphatic rings. The van der Waals surface area contributed by atoms with Gasteiger partial charge in [-0.25, -0.2) is 0 Å². The van der Waals surface area contributed by atoms with E-state index in [-0.39, 0.29) is 12.3 Å². The highest BCUT2D eigenvalue weighted by Crippen LogP contribution is 2.47. The molecule has 0 spiro atoms. The highest BCUT2D eigenvalue weighted by molar-refractivity contribution is 9.10. The predicted octanol–water partition coefficient (Wildman–Crippen LogP) is 3.27. The molecule has 0 bridgehead atoms. The fourth-order valence-electron chi connectivity index (χ4n) is 1.00. The third kappa shape index (κ3) is 3.46. The summed E-state index contributed by atoms with van der Waals surface area (Å²) in [5.74, 6) is -0.763. The molecule has 0 aliphatic carbocycles. The van der Waals surface area contributed by atoms with Gasteiger partial charge >= 0.3 is 11.2 Å². The number of rotatable bonds is 6. The van der Waals surface area contributed by atoms with Crippen LogP contribution in [0.5, 0.6) is 0 Å². The molecule has 0 heterocycles. The van der Waals surface area contributed by atoms with Crippen LogP contribution in [0.2, 0.25) is 0 Å². The van der Waals surface area contributed by atoms with Gasteiger partial charge in [0.1, 0.15) is 0 Å². The molecule has 0 fully saturated rings. The van der Waals surface area contributed by atoms with Crippen molar-refractivity contribution in [2.24, 2.45) is 0 Å². The van der Waals surface area contributed by atoms with Gasteiger partial charge in [-0.05, 0) is 19.1 Å². The fourth-order valence-corrected chi connectivity index (χ4v) is 2.57. The molecule has 0 saturated carbocycles. The zero-order chi connectivity index (χ0) is 12.1. The van der Waals surface area contributed by atoms with Crippen molar-refractivity contribution in [2.45, 2.75) is 22.4 Å². The summed E-state index contributed by atoms with van der Waals surface area (Å²) in [6.07, 6.45) is 1.47. The van der Waals surface area contributed by atoms with E-state index >= 15 is 0 Å². The standard InChI is InChI=1S/C8H12BrClF2O2S/c1-14-6(13)7(9,4-3-5-10)8(11,12)15-2/h3-5H2,1-2H3. The Morgan fingerprint density at radius 1 is 1.60 bits per heavy atom. The molecule has 0 aliphatic heterocycles. The summed E-state index contributed by atoms with van der Waals surface area (Å²) < 4.78 is 29.5. The Balaban J connectivity index is 4.92. The number of alkyl halides is 4. The van der Waals surface area contributed by atoms with Gasteiger partial charge in [0.05, 0.1) is 7.11 Å². The lowest BCUT2D eigenvalue weighted by Crippen LogP contribution is -2.48. The van der Waals surface area contributed by atoms with Gasteiger partial charge in [-0.3, -0.25) is 4.79 Å². The highest BCUT2D eigenvalue weighted by atomic mass is 79.9. The van der Waals surface area contributed by atoms with Crippen LogP contribution in [-0.4, -0.2) is 34.8 Å². The maximum atomic E-state index is 13.5. The van der Waals surface area contributed by atoms with Gasteiger partial charge in [-0.1, -0.05) is 27.7 Å². The van der Waals surface area contributed by atoms with Crippen LogP contribution < -0.4 is 0 Å². The van der Waals surface area contributed by atoms with Gasteiger partial charge in [0, 0.05) is 5.88 Å². The number of ether oxygens (including phenoxy) is 1. The summed E-state index contributed by atoms with van der Waals surface area (Å²) in [6.45, 7) is 0. The second-order valence-corrected chi connectivity index (χ2v) is 5.46. The average molecular weight is 326 g/mol. The predicted molar refractivity (Wildman–Crippen MR) is 62.1 cm³/mol. The Morgan fingerprint density at radius 3 is 2.47 bits per heavy atom. The van der Waals surface area contributed by atoms with Gasteiger partial charge in [-0.15, -0.1) is 11.6 Å². The van der Waals surface area contributed by atoms with Gasteiger partial charge in [0.2, 0.25) is 0 Å². The monoisotopic (exact) mass is 324 g/mol. The molecule has 0 aromatic carbocycles. The smallest absolute Gasteiger partial charge is 0.329 e. The molecule has 0 amide bonds. The van der Waals surface area contributed by atoms with E-state index in [1.54, 1.807) is 0 Å². The summed E-state index contributed by atoms with van der Waals surface area (Å²) in [7, 11) is 1.08. The molecular weight excluding hydrogens is 314 g/mol. The van der Waals surface area contributed by atoms with Crippen LogP contribution in [0.3, 0.4) is 0 Å². The number of methoxy groups -OCH3 is 1. The summed E-state index contributed by atoms with van der Waals surface area (Å²) in [5.41, 5.74) is 0. The van der Waals surface area contributed by atoms with Crippen LogP contribution in [0, 0.1) is 0 Å². The third-order valence-corrected chi connectivity index (χ3v) is 4.49. The normalized spacial score (nSPS) is 15.9. The molecule has 90 valence electrons. The Bertz CT molecular complexity index is 231. The first kappa shape index (κ1) is 15.4. The SMILES string of the molecule is COC(=O)C(Br)(CCCCl)C(F)(F)SC. The molecule has 1 unspecified atom stereocenters. The zero-order valence-corrected chi connectivity index (χ0v) is 11.5. The van der Waals surface area contributed by atoms with Crippen molar-refractivity contribution in [1.82, 2.24) is 0 Å². The van der Waals surface area contributed by atoms with E-state index in [1.165, 1.54) is 6.26 Å². The molecular formula is C8H12BrClF2O2S. The minimum atomic E-state index is -3.23. The Morgan fingerprint density at radius 2 is 2.13 bits per heavy atom. The molecule has 0 aromatic rings. The van der Waals surface area contributed by atoms with Gasteiger partial charge in [0.25, 0.3) is 0 Å². The molecule has 0 rings (SSSR count). The van der Waals surface area contributed by atoms with Crippen molar-refractivity contribution in [1.29, 1.82) is 0 Å². The molecule has 0 saturated heterocycles. The lowest BCUT2D eigenvalue weighted by molar-refractivity contribution is -0.149. The van der Waals surface area contributed by atoms with Crippen molar-refractivity contribution in [2.75, 3.05) is 19.2 Å². The van der Waals surface area contributed by atoms with E-state index in [1.807, 2.05) is 0 Å². The summed E-state index contributed by atoms with van der Waals surface area (Å²) in [4.78, 5) is 11.3. The number of carbonyl (C=O) groups is 1. The number of esters is 1. The minimum Gasteiger partial charge on any atom is -0.468 e. The maximum absolute atomic E-state index is 13.5. The number of halogens is 4. The summed E-state index contributed by atoms with van der Waals surface area (Å²) >= 11 is 8.52. The molecule has 1 atom stereocenters. The van der Waals surface area contributed by atoms with E-state index in [4.69, 9.17) is 11.6 Å². The Kier molecular flexibility index (Phi) is 6.44. The van der Waals surface area contributed by atoms with Crippen molar-refractivity contribution in [3.63, 3.8) is 0 Å². The second kappa shape index (κ2) is 6.25. The van der Waals surface area contributed by atoms with Gasteiger partial charge < -0.3 is 4.74 Å². The molecule has 15 heavy (non-hydrogen) atoms. The number of carbonyl (C=O) groups excluding carboxylic acids is 1. The Labute approximate surface area is 105 Å². The molecule has 2 nitrogen and oxygen atoms in total. The van der Waals surface area contributed by atoms with Crippen LogP contribution in [0.25, 0.3) is 0 Å². The van der Waals surface area contributed by atoms with Crippen LogP contribution in [-0.2, 0) is 9.53 Å². The lowest BCUT2D eigenvalue weighted by Gasteiger charge is -2.31. The first-order chi connectivity index (χ1) is 6.85. The largest absolute Gasteiger partial charge is 0.468 e. The highest BCUT2D eigenvalue weighted by Gasteiger charge is 2.57. The van der Waals surface area contributed by atoms with Crippen LogP contribution in [0.4, 0.5) is 8.78 Å². The molecule has 0 radical (unpaired) electrons. The summed E-state index contributed by atoms with van der Waals surface area (Å²) in [5, 5.41) is -3.23. The zero-order valence-electron chi connectivity index (χ0n) is 8.36. The van der Waals surface area contributed by atoms with Crippen LogP contribution >= 0.6 is 39.3 Å². The third-order valence-electron chi connectivity index (χ3n) is 1.88. The fraction of sp³-hybridized carbons (Fsp3) is 0.875. The van der Waals surface area contributed by atoms with Crippen molar-refractivity contribution in [3.05, 3.63) is 0 Å². The first-order valence-electron chi connectivity index (χ1n) is 4.12.